The number of aromatic nitrogens is 2. The number of nitrogens with two attached hydrogens (primary N) is 1. The van der Waals surface area contributed by atoms with E-state index in [1.807, 2.05) is 0 Å². The molecule has 0 bridgehead atoms. The number of ketones is 1. The smallest absolute Gasteiger partial charge is 0.196 e. The molecule has 0 radical (unpaired) electrons. The largest absolute Gasteiger partial charge is 0.399 e. The van der Waals surface area contributed by atoms with Crippen molar-refractivity contribution in [2.75, 3.05) is 5.73 Å². The molecule has 0 unspecified atom stereocenters. The summed E-state index contributed by atoms with van der Waals surface area (Å²) in [4.78, 5) is 19.4. The summed E-state index contributed by atoms with van der Waals surface area (Å²) in [5.41, 5.74) is 7.22. The molecule has 0 aliphatic rings. The van der Waals surface area contributed by atoms with Crippen LogP contribution in [0.25, 0.3) is 0 Å². The molecule has 0 spiro atoms. The van der Waals surface area contributed by atoms with Crippen molar-refractivity contribution in [3.05, 3.63) is 54.1 Å². The fraction of sp³-hybridized carbons (Fsp3) is 0. The molecular formula is C11H9N3O. The van der Waals surface area contributed by atoms with Gasteiger partial charge in [0.25, 0.3) is 0 Å². The van der Waals surface area contributed by atoms with Gasteiger partial charge in [-0.3, -0.25) is 4.79 Å². The number of hydrogen-bond acceptors (Lipinski definition) is 4. The Balaban J connectivity index is 2.33. The van der Waals surface area contributed by atoms with Gasteiger partial charge < -0.3 is 5.73 Å². The molecular weight excluding hydrogens is 190 g/mol. The number of rotatable bonds is 2. The molecule has 15 heavy (non-hydrogen) atoms. The fourth-order valence-corrected chi connectivity index (χ4v) is 1.22. The second kappa shape index (κ2) is 3.88. The monoisotopic (exact) mass is 199 g/mol. The molecule has 2 N–H and O–H groups in total. The lowest BCUT2D eigenvalue weighted by Gasteiger charge is -2.00. The minimum atomic E-state index is -0.101. The second-order valence-electron chi connectivity index (χ2n) is 3.08. The van der Waals surface area contributed by atoms with Gasteiger partial charge >= 0.3 is 0 Å². The van der Waals surface area contributed by atoms with Crippen molar-refractivity contribution >= 4 is 11.5 Å². The normalized spacial score (nSPS) is 9.87. The van der Waals surface area contributed by atoms with Crippen LogP contribution in [-0.2, 0) is 0 Å². The van der Waals surface area contributed by atoms with E-state index in [0.717, 1.165) is 0 Å². The predicted molar refractivity (Wildman–Crippen MR) is 56.3 cm³/mol. The van der Waals surface area contributed by atoms with Crippen LogP contribution in [0.4, 0.5) is 5.69 Å². The lowest BCUT2D eigenvalue weighted by Crippen LogP contribution is -2.02. The van der Waals surface area contributed by atoms with Crippen molar-refractivity contribution in [3.8, 4) is 0 Å². The van der Waals surface area contributed by atoms with Gasteiger partial charge in [0.15, 0.2) is 5.78 Å². The highest BCUT2D eigenvalue weighted by Crippen LogP contribution is 2.10. The Labute approximate surface area is 86.8 Å². The van der Waals surface area contributed by atoms with E-state index in [2.05, 4.69) is 9.97 Å². The van der Waals surface area contributed by atoms with Crippen LogP contribution < -0.4 is 5.73 Å². The zero-order valence-electron chi connectivity index (χ0n) is 7.92. The molecule has 0 aliphatic heterocycles. The average molecular weight is 199 g/mol. The van der Waals surface area contributed by atoms with E-state index in [4.69, 9.17) is 5.73 Å². The highest BCUT2D eigenvalue weighted by molar-refractivity contribution is 6.08. The standard InChI is InChI=1S/C11H9N3O/c12-10-3-1-8(2-4-10)11(15)9-5-13-7-14-6-9/h1-7H,12H2. The van der Waals surface area contributed by atoms with Crippen molar-refractivity contribution < 1.29 is 4.79 Å². The summed E-state index contributed by atoms with van der Waals surface area (Å²) in [7, 11) is 0. The highest BCUT2D eigenvalue weighted by Gasteiger charge is 2.08. The first-order valence-corrected chi connectivity index (χ1v) is 4.42. The lowest BCUT2D eigenvalue weighted by molar-refractivity contribution is 0.103. The first-order chi connectivity index (χ1) is 7.27. The average Bonchev–Trinajstić information content (AvgIpc) is 2.30. The van der Waals surface area contributed by atoms with E-state index < -0.39 is 0 Å². The van der Waals surface area contributed by atoms with E-state index in [0.29, 0.717) is 16.8 Å². The summed E-state index contributed by atoms with van der Waals surface area (Å²) in [6.45, 7) is 0. The van der Waals surface area contributed by atoms with Gasteiger partial charge in [0.2, 0.25) is 0 Å². The predicted octanol–water partition coefficient (Wildman–Crippen LogP) is 1.29. The third-order valence-electron chi connectivity index (χ3n) is 2.00. The van der Waals surface area contributed by atoms with Crippen LogP contribution in [-0.4, -0.2) is 15.8 Å². The molecule has 0 atom stereocenters. The third kappa shape index (κ3) is 1.99. The molecule has 0 saturated heterocycles. The van der Waals surface area contributed by atoms with E-state index in [1.165, 1.54) is 18.7 Å². The molecule has 1 heterocycles. The van der Waals surface area contributed by atoms with Gasteiger partial charge in [-0.1, -0.05) is 0 Å². The van der Waals surface area contributed by atoms with Crippen LogP contribution in [0.1, 0.15) is 15.9 Å². The molecule has 4 nitrogen and oxygen atoms in total. The van der Waals surface area contributed by atoms with Crippen molar-refractivity contribution in [3.63, 3.8) is 0 Å². The molecule has 0 amide bonds. The molecule has 1 aromatic carbocycles. The van der Waals surface area contributed by atoms with Crippen LogP contribution >= 0.6 is 0 Å². The van der Waals surface area contributed by atoms with Gasteiger partial charge in [0, 0.05) is 23.6 Å². The van der Waals surface area contributed by atoms with E-state index in [9.17, 15) is 4.79 Å². The minimum absolute atomic E-state index is 0.101. The Hall–Kier alpha value is -2.23. The van der Waals surface area contributed by atoms with Gasteiger partial charge in [-0.25, -0.2) is 9.97 Å². The molecule has 4 heteroatoms. The fourth-order valence-electron chi connectivity index (χ4n) is 1.22. The van der Waals surface area contributed by atoms with Gasteiger partial charge in [-0.2, -0.15) is 0 Å². The molecule has 2 aromatic rings. The number of nitrogens with zero attached hydrogens (tertiary/aromatic N) is 2. The topological polar surface area (TPSA) is 68.9 Å². The highest BCUT2D eigenvalue weighted by atomic mass is 16.1. The Morgan fingerprint density at radius 2 is 1.60 bits per heavy atom. The van der Waals surface area contributed by atoms with Crippen molar-refractivity contribution in [1.29, 1.82) is 0 Å². The van der Waals surface area contributed by atoms with Crippen LogP contribution in [0.15, 0.2) is 43.0 Å². The minimum Gasteiger partial charge on any atom is -0.399 e. The Kier molecular flexibility index (Phi) is 2.41. The summed E-state index contributed by atoms with van der Waals surface area (Å²) < 4.78 is 0. The molecule has 2 rings (SSSR count). The van der Waals surface area contributed by atoms with Gasteiger partial charge in [0.05, 0.1) is 5.56 Å². The first kappa shape index (κ1) is 9.33. The van der Waals surface area contributed by atoms with Crippen LogP contribution in [0.5, 0.6) is 0 Å². The Morgan fingerprint density at radius 3 is 2.20 bits per heavy atom. The maximum atomic E-state index is 11.8. The van der Waals surface area contributed by atoms with Crippen molar-refractivity contribution in [2.45, 2.75) is 0 Å². The molecule has 0 saturated carbocycles. The number of carbonyl (C=O) groups excluding carboxylic acids is 1. The van der Waals surface area contributed by atoms with Crippen LogP contribution in [0.2, 0.25) is 0 Å². The van der Waals surface area contributed by atoms with E-state index in [-0.39, 0.29) is 5.78 Å². The van der Waals surface area contributed by atoms with Crippen molar-refractivity contribution in [1.82, 2.24) is 9.97 Å². The summed E-state index contributed by atoms with van der Waals surface area (Å²) in [6.07, 6.45) is 4.37. The zero-order valence-corrected chi connectivity index (χ0v) is 7.92. The summed E-state index contributed by atoms with van der Waals surface area (Å²) >= 11 is 0. The quantitative estimate of drug-likeness (QED) is 0.584. The van der Waals surface area contributed by atoms with Crippen LogP contribution in [0.3, 0.4) is 0 Å². The van der Waals surface area contributed by atoms with E-state index in [1.54, 1.807) is 24.3 Å². The summed E-state index contributed by atoms with van der Waals surface area (Å²) in [5.74, 6) is -0.101. The number of anilines is 1. The number of nitrogen functional groups attached to an aromatic ring is 1. The summed E-state index contributed by atoms with van der Waals surface area (Å²) in [5, 5.41) is 0. The third-order valence-corrected chi connectivity index (χ3v) is 2.00. The SMILES string of the molecule is Nc1ccc(C(=O)c2cncnc2)cc1. The molecule has 1 aromatic heterocycles. The maximum Gasteiger partial charge on any atom is 0.196 e. The number of carbonyl (C=O) groups is 1. The van der Waals surface area contributed by atoms with Gasteiger partial charge in [-0.15, -0.1) is 0 Å². The maximum absolute atomic E-state index is 11.8. The molecule has 74 valence electrons. The van der Waals surface area contributed by atoms with Gasteiger partial charge in [-0.05, 0) is 24.3 Å². The first-order valence-electron chi connectivity index (χ1n) is 4.42. The van der Waals surface area contributed by atoms with Gasteiger partial charge in [0.1, 0.15) is 6.33 Å². The Morgan fingerprint density at radius 1 is 1.00 bits per heavy atom. The Bertz CT molecular complexity index is 465. The van der Waals surface area contributed by atoms with Crippen LogP contribution in [0, 0.1) is 0 Å². The zero-order chi connectivity index (χ0) is 10.7. The second-order valence-corrected chi connectivity index (χ2v) is 3.08. The molecule has 0 fully saturated rings. The van der Waals surface area contributed by atoms with Crippen molar-refractivity contribution in [2.24, 2.45) is 0 Å². The molecule has 0 aliphatic carbocycles. The number of benzene rings is 1. The summed E-state index contributed by atoms with van der Waals surface area (Å²) in [6, 6.07) is 6.75. The van der Waals surface area contributed by atoms with E-state index >= 15 is 0 Å². The lowest BCUT2D eigenvalue weighted by atomic mass is 10.1. The number of hydrogen-bond donors (Lipinski definition) is 1.